The Bertz CT molecular complexity index is 163. The molecule has 1 aliphatic rings. The highest BCUT2D eigenvalue weighted by molar-refractivity contribution is 7.98. The van der Waals surface area contributed by atoms with E-state index in [2.05, 4.69) is 11.2 Å². The molecule has 1 rings (SSSR count). The predicted molar refractivity (Wildman–Crippen MR) is 70.1 cm³/mol. The lowest BCUT2D eigenvalue weighted by atomic mass is 10.0. The first-order chi connectivity index (χ1) is 7.86. The van der Waals surface area contributed by atoms with Gasteiger partial charge in [0.2, 0.25) is 0 Å². The Kier molecular flexibility index (Phi) is 8.29. The van der Waals surface area contributed by atoms with Gasteiger partial charge in [-0.15, -0.1) is 0 Å². The summed E-state index contributed by atoms with van der Waals surface area (Å²) < 4.78 is 5.32. The molecule has 1 atom stereocenters. The standard InChI is InChI=1S/C12H25NO2S/c1-16-10-4-12(11-14)3-2-5-13-6-8-15-9-7-13/h12,14H,2-11H2,1H3/t12-/m0/s1. The SMILES string of the molecule is CSCC[C@@H](CO)CCCN1CCOCC1. The highest BCUT2D eigenvalue weighted by Crippen LogP contribution is 2.14. The summed E-state index contributed by atoms with van der Waals surface area (Å²) in [5, 5.41) is 9.25. The molecule has 0 spiro atoms. The molecule has 0 unspecified atom stereocenters. The van der Waals surface area contributed by atoms with Gasteiger partial charge in [0, 0.05) is 19.7 Å². The number of aliphatic hydroxyl groups is 1. The third kappa shape index (κ3) is 6.09. The minimum absolute atomic E-state index is 0.351. The monoisotopic (exact) mass is 247 g/mol. The van der Waals surface area contributed by atoms with Crippen molar-refractivity contribution in [3.05, 3.63) is 0 Å². The first-order valence-corrected chi connectivity index (χ1v) is 7.66. The van der Waals surface area contributed by atoms with Gasteiger partial charge in [0.25, 0.3) is 0 Å². The van der Waals surface area contributed by atoms with Crippen LogP contribution in [0.25, 0.3) is 0 Å². The van der Waals surface area contributed by atoms with E-state index in [9.17, 15) is 5.11 Å². The molecular weight excluding hydrogens is 222 g/mol. The largest absolute Gasteiger partial charge is 0.396 e. The maximum atomic E-state index is 9.25. The van der Waals surface area contributed by atoms with Crippen molar-refractivity contribution in [3.8, 4) is 0 Å². The van der Waals surface area contributed by atoms with E-state index in [1.807, 2.05) is 11.8 Å². The zero-order chi connectivity index (χ0) is 11.6. The number of hydrogen-bond acceptors (Lipinski definition) is 4. The summed E-state index contributed by atoms with van der Waals surface area (Å²) in [5.41, 5.74) is 0. The lowest BCUT2D eigenvalue weighted by molar-refractivity contribution is 0.0362. The molecule has 0 radical (unpaired) electrons. The summed E-state index contributed by atoms with van der Waals surface area (Å²) in [6.07, 6.45) is 5.65. The maximum Gasteiger partial charge on any atom is 0.0594 e. The number of hydrogen-bond donors (Lipinski definition) is 1. The molecule has 1 heterocycles. The molecule has 4 heteroatoms. The van der Waals surface area contributed by atoms with Crippen LogP contribution in [0.15, 0.2) is 0 Å². The van der Waals surface area contributed by atoms with Crippen LogP contribution >= 0.6 is 11.8 Å². The van der Waals surface area contributed by atoms with Crippen LogP contribution in [0.3, 0.4) is 0 Å². The number of rotatable bonds is 8. The fourth-order valence-corrected chi connectivity index (χ4v) is 2.61. The van der Waals surface area contributed by atoms with E-state index in [4.69, 9.17) is 4.74 Å². The van der Waals surface area contributed by atoms with Crippen molar-refractivity contribution >= 4 is 11.8 Å². The second-order valence-electron chi connectivity index (χ2n) is 4.43. The zero-order valence-electron chi connectivity index (χ0n) is 10.4. The third-order valence-corrected chi connectivity index (χ3v) is 3.82. The first kappa shape index (κ1) is 14.3. The zero-order valence-corrected chi connectivity index (χ0v) is 11.2. The third-order valence-electron chi connectivity index (χ3n) is 3.18. The number of ether oxygens (including phenoxy) is 1. The van der Waals surface area contributed by atoms with Crippen LogP contribution < -0.4 is 0 Å². The number of thioether (sulfide) groups is 1. The van der Waals surface area contributed by atoms with Gasteiger partial charge in [-0.25, -0.2) is 0 Å². The van der Waals surface area contributed by atoms with Crippen LogP contribution in [0.1, 0.15) is 19.3 Å². The van der Waals surface area contributed by atoms with Gasteiger partial charge >= 0.3 is 0 Å². The van der Waals surface area contributed by atoms with Gasteiger partial charge in [0.1, 0.15) is 0 Å². The van der Waals surface area contributed by atoms with E-state index >= 15 is 0 Å². The second kappa shape index (κ2) is 9.28. The van der Waals surface area contributed by atoms with Crippen LogP contribution in [0, 0.1) is 5.92 Å². The minimum Gasteiger partial charge on any atom is -0.396 e. The Labute approximate surface area is 104 Å². The van der Waals surface area contributed by atoms with Crippen molar-refractivity contribution in [2.24, 2.45) is 5.92 Å². The van der Waals surface area contributed by atoms with Gasteiger partial charge in [-0.2, -0.15) is 11.8 Å². The normalized spacial score (nSPS) is 19.9. The summed E-state index contributed by atoms with van der Waals surface area (Å²) in [4.78, 5) is 2.46. The van der Waals surface area contributed by atoms with Gasteiger partial charge < -0.3 is 9.84 Å². The first-order valence-electron chi connectivity index (χ1n) is 6.26. The minimum atomic E-state index is 0.351. The van der Waals surface area contributed by atoms with E-state index in [1.165, 1.54) is 18.7 Å². The van der Waals surface area contributed by atoms with E-state index in [0.717, 1.165) is 39.1 Å². The Morgan fingerprint density at radius 2 is 2.06 bits per heavy atom. The molecule has 0 saturated carbocycles. The number of aliphatic hydroxyl groups excluding tert-OH is 1. The molecule has 0 amide bonds. The van der Waals surface area contributed by atoms with Crippen molar-refractivity contribution in [3.63, 3.8) is 0 Å². The van der Waals surface area contributed by atoms with Gasteiger partial charge in [0.05, 0.1) is 13.2 Å². The lowest BCUT2D eigenvalue weighted by Gasteiger charge is -2.27. The molecule has 1 aliphatic heterocycles. The van der Waals surface area contributed by atoms with E-state index in [1.54, 1.807) is 0 Å². The Hall–Kier alpha value is 0.230. The Morgan fingerprint density at radius 1 is 1.31 bits per heavy atom. The van der Waals surface area contributed by atoms with Crippen LogP contribution in [0.4, 0.5) is 0 Å². The molecular formula is C12H25NO2S. The van der Waals surface area contributed by atoms with Crippen molar-refractivity contribution in [1.82, 2.24) is 4.90 Å². The molecule has 3 nitrogen and oxygen atoms in total. The Morgan fingerprint density at radius 3 is 2.69 bits per heavy atom. The van der Waals surface area contributed by atoms with E-state index < -0.39 is 0 Å². The van der Waals surface area contributed by atoms with Gasteiger partial charge in [-0.3, -0.25) is 4.90 Å². The summed E-state index contributed by atoms with van der Waals surface area (Å²) in [5.74, 6) is 1.68. The molecule has 96 valence electrons. The predicted octanol–water partition coefficient (Wildman–Crippen LogP) is 1.46. The van der Waals surface area contributed by atoms with Gasteiger partial charge in [-0.1, -0.05) is 0 Å². The van der Waals surface area contributed by atoms with Crippen molar-refractivity contribution in [1.29, 1.82) is 0 Å². The number of morpholine rings is 1. The van der Waals surface area contributed by atoms with Gasteiger partial charge in [-0.05, 0) is 43.7 Å². The van der Waals surface area contributed by atoms with Crippen molar-refractivity contribution in [2.45, 2.75) is 19.3 Å². The van der Waals surface area contributed by atoms with Crippen molar-refractivity contribution < 1.29 is 9.84 Å². The molecule has 0 aromatic carbocycles. The van der Waals surface area contributed by atoms with E-state index in [-0.39, 0.29) is 0 Å². The fourth-order valence-electron chi connectivity index (χ4n) is 2.04. The average molecular weight is 247 g/mol. The summed E-state index contributed by atoms with van der Waals surface area (Å²) in [6.45, 7) is 5.44. The molecule has 1 fully saturated rings. The van der Waals surface area contributed by atoms with Crippen LogP contribution in [0.5, 0.6) is 0 Å². The molecule has 1 saturated heterocycles. The summed E-state index contributed by atoms with van der Waals surface area (Å²) in [6, 6.07) is 0. The molecule has 0 bridgehead atoms. The van der Waals surface area contributed by atoms with Crippen molar-refractivity contribution in [2.75, 3.05) is 51.5 Å². The topological polar surface area (TPSA) is 32.7 Å². The fraction of sp³-hybridized carbons (Fsp3) is 1.00. The second-order valence-corrected chi connectivity index (χ2v) is 5.41. The van der Waals surface area contributed by atoms with Gasteiger partial charge in [0.15, 0.2) is 0 Å². The highest BCUT2D eigenvalue weighted by atomic mass is 32.2. The summed E-state index contributed by atoms with van der Waals surface area (Å²) in [7, 11) is 0. The Balaban J connectivity index is 2.02. The molecule has 16 heavy (non-hydrogen) atoms. The number of nitrogens with zero attached hydrogens (tertiary/aromatic N) is 1. The maximum absolute atomic E-state index is 9.25. The lowest BCUT2D eigenvalue weighted by Crippen LogP contribution is -2.37. The molecule has 0 aliphatic carbocycles. The highest BCUT2D eigenvalue weighted by Gasteiger charge is 2.11. The average Bonchev–Trinajstić information content (AvgIpc) is 2.35. The summed E-state index contributed by atoms with van der Waals surface area (Å²) >= 11 is 1.87. The smallest absolute Gasteiger partial charge is 0.0594 e. The quantitative estimate of drug-likeness (QED) is 0.704. The molecule has 0 aromatic heterocycles. The van der Waals surface area contributed by atoms with Crippen LogP contribution in [0.2, 0.25) is 0 Å². The van der Waals surface area contributed by atoms with E-state index in [0.29, 0.717) is 12.5 Å². The van der Waals surface area contributed by atoms with Crippen LogP contribution in [-0.2, 0) is 4.74 Å². The molecule has 0 aromatic rings. The molecule has 1 N–H and O–H groups in total. The van der Waals surface area contributed by atoms with Crippen LogP contribution in [-0.4, -0.2) is 61.5 Å².